The number of aliphatic hydroxyl groups excluding tert-OH is 1. The van der Waals surface area contributed by atoms with Gasteiger partial charge in [-0.3, -0.25) is 0 Å². The fraction of sp³-hybridized carbons (Fsp3) is 0.345. The topological polar surface area (TPSA) is 113 Å². The van der Waals surface area contributed by atoms with Crippen molar-refractivity contribution in [3.63, 3.8) is 0 Å². The first-order valence-electron chi connectivity index (χ1n) is 22.6. The van der Waals surface area contributed by atoms with Crippen LogP contribution in [0.25, 0.3) is 0 Å². The van der Waals surface area contributed by atoms with Gasteiger partial charge in [0, 0.05) is 7.11 Å². The molecule has 10 atom stereocenters. The number of hydrogen-bond acceptors (Lipinski definition) is 11. The molecule has 11 heteroatoms. The zero-order valence-electron chi connectivity index (χ0n) is 37.3. The van der Waals surface area contributed by atoms with E-state index in [0.717, 1.165) is 33.4 Å². The summed E-state index contributed by atoms with van der Waals surface area (Å²) in [5.41, 5.74) is 5.83. The van der Waals surface area contributed by atoms with Crippen LogP contribution in [0.5, 0.6) is 0 Å². The Balaban J connectivity index is 1.17. The van der Waals surface area contributed by atoms with Crippen molar-refractivity contribution in [3.05, 3.63) is 215 Å². The van der Waals surface area contributed by atoms with Crippen molar-refractivity contribution < 1.29 is 52.5 Å². The van der Waals surface area contributed by atoms with E-state index in [1.807, 2.05) is 182 Å². The molecule has 2 heterocycles. The molecule has 2 aliphatic heterocycles. The highest BCUT2D eigenvalue weighted by Gasteiger charge is 2.54. The third kappa shape index (κ3) is 13.3. The number of hydrogen-bond donors (Lipinski definition) is 1. The Labute approximate surface area is 388 Å². The first kappa shape index (κ1) is 47.4. The molecule has 0 spiro atoms. The molecule has 0 radical (unpaired) electrons. The summed E-state index contributed by atoms with van der Waals surface area (Å²) in [5, 5.41) is 11.1. The number of methoxy groups -OCH3 is 1. The summed E-state index contributed by atoms with van der Waals surface area (Å²) in [5.74, 6) is 0. The van der Waals surface area contributed by atoms with Gasteiger partial charge < -0.3 is 52.5 Å². The van der Waals surface area contributed by atoms with Crippen molar-refractivity contribution in [1.29, 1.82) is 0 Å². The minimum absolute atomic E-state index is 0.137. The van der Waals surface area contributed by atoms with Crippen LogP contribution >= 0.6 is 0 Å². The van der Waals surface area contributed by atoms with Crippen molar-refractivity contribution in [1.82, 2.24) is 0 Å². The lowest BCUT2D eigenvalue weighted by molar-refractivity contribution is -0.375. The van der Waals surface area contributed by atoms with Crippen molar-refractivity contribution in [2.75, 3.05) is 20.3 Å². The Morgan fingerprint density at radius 1 is 0.364 bits per heavy atom. The fourth-order valence-corrected chi connectivity index (χ4v) is 8.29. The van der Waals surface area contributed by atoms with Crippen LogP contribution in [0, 0.1) is 0 Å². The Hall–Kier alpha value is -5.12. The minimum atomic E-state index is -1.12. The van der Waals surface area contributed by atoms with Crippen LogP contribution in [0.15, 0.2) is 182 Å². The quantitative estimate of drug-likeness (QED) is 0.0668. The molecule has 8 rings (SSSR count). The zero-order chi connectivity index (χ0) is 45.2. The Bertz CT molecular complexity index is 2220. The number of ether oxygens (including phenoxy) is 10. The van der Waals surface area contributed by atoms with E-state index >= 15 is 0 Å². The first-order valence-corrected chi connectivity index (χ1v) is 22.6. The van der Waals surface area contributed by atoms with Gasteiger partial charge in [-0.15, -0.1) is 0 Å². The van der Waals surface area contributed by atoms with Gasteiger partial charge in [-0.25, -0.2) is 0 Å². The molecule has 0 aromatic heterocycles. The summed E-state index contributed by atoms with van der Waals surface area (Å²) in [6.07, 6.45) is -8.55. The van der Waals surface area contributed by atoms with Gasteiger partial charge in [0.15, 0.2) is 12.6 Å². The average molecular weight is 897 g/mol. The summed E-state index contributed by atoms with van der Waals surface area (Å²) in [6.45, 7) is 1.29. The fourth-order valence-electron chi connectivity index (χ4n) is 8.29. The van der Waals surface area contributed by atoms with Crippen LogP contribution in [0.1, 0.15) is 33.4 Å². The van der Waals surface area contributed by atoms with E-state index in [1.165, 1.54) is 0 Å². The van der Waals surface area contributed by atoms with Gasteiger partial charge in [-0.1, -0.05) is 182 Å². The van der Waals surface area contributed by atoms with Crippen LogP contribution in [0.2, 0.25) is 0 Å². The van der Waals surface area contributed by atoms with Crippen molar-refractivity contribution in [2.45, 2.75) is 101 Å². The molecule has 11 nitrogen and oxygen atoms in total. The van der Waals surface area contributed by atoms with Crippen LogP contribution in [-0.4, -0.2) is 86.8 Å². The summed E-state index contributed by atoms with van der Waals surface area (Å²) in [7, 11) is 1.55. The molecule has 6 aromatic carbocycles. The smallest absolute Gasteiger partial charge is 0.187 e. The maximum absolute atomic E-state index is 11.1. The lowest BCUT2D eigenvalue weighted by atomic mass is 9.95. The maximum Gasteiger partial charge on any atom is 0.187 e. The first-order chi connectivity index (χ1) is 32.6. The lowest BCUT2D eigenvalue weighted by Gasteiger charge is -2.50. The second-order valence-electron chi connectivity index (χ2n) is 16.4. The average Bonchev–Trinajstić information content (AvgIpc) is 3.38. The summed E-state index contributed by atoms with van der Waals surface area (Å²) in [6, 6.07) is 59.7. The van der Waals surface area contributed by atoms with E-state index in [4.69, 9.17) is 47.4 Å². The van der Waals surface area contributed by atoms with E-state index < -0.39 is 68.0 Å². The molecule has 1 N–H and O–H groups in total. The van der Waals surface area contributed by atoms with Gasteiger partial charge in [0.1, 0.15) is 48.8 Å². The molecule has 6 aromatic rings. The second kappa shape index (κ2) is 25.1. The molecular formula is C55H60O11. The van der Waals surface area contributed by atoms with Gasteiger partial charge in [0.2, 0.25) is 0 Å². The summed E-state index contributed by atoms with van der Waals surface area (Å²) in [4.78, 5) is 0. The van der Waals surface area contributed by atoms with Crippen LogP contribution in [0.4, 0.5) is 0 Å². The third-order valence-corrected chi connectivity index (χ3v) is 11.7. The van der Waals surface area contributed by atoms with E-state index in [-0.39, 0.29) is 39.6 Å². The SMILES string of the molecule is CO[C@H]1O[C@H](CO)[C@H](O[C@@H]2O[C@H](COCc3ccccc3)[C@@H](OCc3ccccc3)[C@H](OCc3ccccc3)[C@H]2OCc2ccccc2)[C@H](OCc2ccccc2)[C@H]1OCc1ccccc1. The molecule has 0 bridgehead atoms. The highest BCUT2D eigenvalue weighted by atomic mass is 16.8. The highest BCUT2D eigenvalue weighted by molar-refractivity contribution is 5.18. The number of rotatable bonds is 23. The summed E-state index contributed by atoms with van der Waals surface area (Å²) >= 11 is 0. The van der Waals surface area contributed by atoms with E-state index in [1.54, 1.807) is 7.11 Å². The Morgan fingerprint density at radius 3 is 1.06 bits per heavy atom. The standard InChI is InChI=1S/C55H60O11/c1-57-54-52(62-37-44-28-16-6-17-29-44)51(61-36-43-26-14-5-15-27-43)49(46(32-56)64-54)66-55-53(63-38-45-30-18-7-19-31-45)50(60-35-42-24-12-4-13-25-42)48(59-34-41-22-10-3-11-23-41)47(65-55)39-58-33-40-20-8-2-9-21-40/h2-31,46-56H,32-39H2,1H3/t46-,47-,48-,49+,50+,51+,52-,53-,54+,55+/m1/s1. The normalized spacial score (nSPS) is 25.4. The van der Waals surface area contributed by atoms with Crippen molar-refractivity contribution >= 4 is 0 Å². The number of benzene rings is 6. The molecule has 0 saturated carbocycles. The van der Waals surface area contributed by atoms with Crippen LogP contribution in [-0.2, 0) is 87.0 Å². The zero-order valence-corrected chi connectivity index (χ0v) is 37.3. The van der Waals surface area contributed by atoms with Crippen molar-refractivity contribution in [2.24, 2.45) is 0 Å². The molecule has 346 valence electrons. The van der Waals surface area contributed by atoms with Gasteiger partial charge in [0.25, 0.3) is 0 Å². The van der Waals surface area contributed by atoms with Gasteiger partial charge in [-0.2, -0.15) is 0 Å². The monoisotopic (exact) mass is 896 g/mol. The molecule has 2 aliphatic rings. The van der Waals surface area contributed by atoms with Crippen LogP contribution < -0.4 is 0 Å². The molecule has 0 amide bonds. The lowest BCUT2D eigenvalue weighted by Crippen LogP contribution is -2.66. The van der Waals surface area contributed by atoms with E-state index in [9.17, 15) is 5.11 Å². The van der Waals surface area contributed by atoms with Gasteiger partial charge in [-0.05, 0) is 33.4 Å². The Kier molecular flexibility index (Phi) is 18.0. The number of aliphatic hydroxyl groups is 1. The Morgan fingerprint density at radius 2 is 0.682 bits per heavy atom. The molecule has 2 fully saturated rings. The predicted octanol–water partition coefficient (Wildman–Crippen LogP) is 8.60. The molecular weight excluding hydrogens is 837 g/mol. The maximum atomic E-state index is 11.1. The molecule has 2 saturated heterocycles. The molecule has 0 aliphatic carbocycles. The summed E-state index contributed by atoms with van der Waals surface area (Å²) < 4.78 is 67.5. The molecule has 66 heavy (non-hydrogen) atoms. The van der Waals surface area contributed by atoms with Gasteiger partial charge >= 0.3 is 0 Å². The van der Waals surface area contributed by atoms with E-state index in [2.05, 4.69) is 0 Å². The molecule has 0 unspecified atom stereocenters. The third-order valence-electron chi connectivity index (χ3n) is 11.7. The second-order valence-corrected chi connectivity index (χ2v) is 16.4. The van der Waals surface area contributed by atoms with Crippen molar-refractivity contribution in [3.8, 4) is 0 Å². The van der Waals surface area contributed by atoms with E-state index in [0.29, 0.717) is 6.61 Å². The van der Waals surface area contributed by atoms with Gasteiger partial charge in [0.05, 0.1) is 52.9 Å². The highest BCUT2D eigenvalue weighted by Crippen LogP contribution is 2.36. The minimum Gasteiger partial charge on any atom is -0.394 e. The predicted molar refractivity (Wildman–Crippen MR) is 247 cm³/mol. The largest absolute Gasteiger partial charge is 0.394 e. The van der Waals surface area contributed by atoms with Crippen LogP contribution in [0.3, 0.4) is 0 Å².